The lowest BCUT2D eigenvalue weighted by atomic mass is 10.3. The third-order valence-corrected chi connectivity index (χ3v) is 3.06. The SMILES string of the molecule is CC1CC1CN(C)CCCBr. The van der Waals surface area contributed by atoms with E-state index in [-0.39, 0.29) is 0 Å². The molecule has 0 aliphatic heterocycles. The van der Waals surface area contributed by atoms with Crippen LogP contribution in [-0.2, 0) is 0 Å². The molecular weight excluding hydrogens is 202 g/mol. The van der Waals surface area contributed by atoms with Gasteiger partial charge in [-0.05, 0) is 38.3 Å². The van der Waals surface area contributed by atoms with Crippen LogP contribution in [0.4, 0.5) is 0 Å². The van der Waals surface area contributed by atoms with Gasteiger partial charge >= 0.3 is 0 Å². The Labute approximate surface area is 78.3 Å². The Bertz CT molecular complexity index is 116. The minimum absolute atomic E-state index is 1.00. The van der Waals surface area contributed by atoms with E-state index >= 15 is 0 Å². The first-order chi connectivity index (χ1) is 5.24. The van der Waals surface area contributed by atoms with E-state index in [0.717, 1.165) is 17.2 Å². The Morgan fingerprint density at radius 1 is 1.55 bits per heavy atom. The first-order valence-electron chi connectivity index (χ1n) is 4.48. The summed E-state index contributed by atoms with van der Waals surface area (Å²) >= 11 is 3.44. The van der Waals surface area contributed by atoms with E-state index in [0.29, 0.717) is 0 Å². The summed E-state index contributed by atoms with van der Waals surface area (Å²) in [6, 6.07) is 0. The van der Waals surface area contributed by atoms with Crippen molar-refractivity contribution in [2.24, 2.45) is 11.8 Å². The summed E-state index contributed by atoms with van der Waals surface area (Å²) in [7, 11) is 2.23. The van der Waals surface area contributed by atoms with Crippen molar-refractivity contribution < 1.29 is 0 Å². The molecule has 2 atom stereocenters. The molecule has 0 N–H and O–H groups in total. The van der Waals surface area contributed by atoms with Gasteiger partial charge in [-0.1, -0.05) is 22.9 Å². The molecule has 0 heterocycles. The van der Waals surface area contributed by atoms with Gasteiger partial charge in [-0.3, -0.25) is 0 Å². The standard InChI is InChI=1S/C9H18BrN/c1-8-6-9(8)7-11(2)5-3-4-10/h8-9H,3-7H2,1-2H3. The number of hydrogen-bond donors (Lipinski definition) is 0. The lowest BCUT2D eigenvalue weighted by Gasteiger charge is -2.14. The minimum Gasteiger partial charge on any atom is -0.306 e. The van der Waals surface area contributed by atoms with Crippen molar-refractivity contribution >= 4 is 15.9 Å². The van der Waals surface area contributed by atoms with E-state index in [9.17, 15) is 0 Å². The van der Waals surface area contributed by atoms with Crippen molar-refractivity contribution in [3.05, 3.63) is 0 Å². The summed E-state index contributed by atoms with van der Waals surface area (Å²) in [5.41, 5.74) is 0. The van der Waals surface area contributed by atoms with Crippen molar-refractivity contribution in [3.8, 4) is 0 Å². The van der Waals surface area contributed by atoms with Gasteiger partial charge in [-0.2, -0.15) is 0 Å². The third kappa shape index (κ3) is 3.57. The molecule has 1 nitrogen and oxygen atoms in total. The Balaban J connectivity index is 1.97. The second-order valence-electron chi connectivity index (χ2n) is 3.78. The van der Waals surface area contributed by atoms with Gasteiger partial charge in [0.05, 0.1) is 0 Å². The van der Waals surface area contributed by atoms with Crippen LogP contribution in [0, 0.1) is 11.8 Å². The van der Waals surface area contributed by atoms with Crippen LogP contribution in [-0.4, -0.2) is 30.4 Å². The molecule has 1 fully saturated rings. The summed E-state index contributed by atoms with van der Waals surface area (Å²) in [4.78, 5) is 2.45. The van der Waals surface area contributed by atoms with Crippen molar-refractivity contribution in [1.29, 1.82) is 0 Å². The lowest BCUT2D eigenvalue weighted by molar-refractivity contribution is 0.317. The predicted octanol–water partition coefficient (Wildman–Crippen LogP) is 2.36. The molecular formula is C9H18BrN. The van der Waals surface area contributed by atoms with Crippen LogP contribution < -0.4 is 0 Å². The maximum Gasteiger partial charge on any atom is 0.00434 e. The zero-order valence-corrected chi connectivity index (χ0v) is 9.10. The Morgan fingerprint density at radius 2 is 2.18 bits per heavy atom. The molecule has 0 amide bonds. The number of alkyl halides is 1. The van der Waals surface area contributed by atoms with Gasteiger partial charge in [0.1, 0.15) is 0 Å². The van der Waals surface area contributed by atoms with Gasteiger partial charge < -0.3 is 4.90 Å². The smallest absolute Gasteiger partial charge is 0.00434 e. The Kier molecular flexibility index (Phi) is 3.86. The molecule has 2 heteroatoms. The maximum atomic E-state index is 3.44. The van der Waals surface area contributed by atoms with E-state index in [1.165, 1.54) is 25.9 Å². The molecule has 1 saturated carbocycles. The highest BCUT2D eigenvalue weighted by atomic mass is 79.9. The van der Waals surface area contributed by atoms with Crippen molar-refractivity contribution in [2.45, 2.75) is 19.8 Å². The maximum absolute atomic E-state index is 3.44. The molecule has 0 aromatic carbocycles. The van der Waals surface area contributed by atoms with Crippen LogP contribution in [0.1, 0.15) is 19.8 Å². The summed E-state index contributed by atoms with van der Waals surface area (Å²) in [6.45, 7) is 4.91. The molecule has 1 aliphatic rings. The Morgan fingerprint density at radius 3 is 2.64 bits per heavy atom. The van der Waals surface area contributed by atoms with Gasteiger partial charge in [-0.15, -0.1) is 0 Å². The lowest BCUT2D eigenvalue weighted by Crippen LogP contribution is -2.22. The summed E-state index contributed by atoms with van der Waals surface area (Å²) in [6.07, 6.45) is 2.73. The quantitative estimate of drug-likeness (QED) is 0.643. The summed E-state index contributed by atoms with van der Waals surface area (Å²) in [5.74, 6) is 2.01. The number of rotatable bonds is 5. The van der Waals surface area contributed by atoms with Crippen LogP contribution in [0.5, 0.6) is 0 Å². The molecule has 0 radical (unpaired) electrons. The first-order valence-corrected chi connectivity index (χ1v) is 5.60. The van der Waals surface area contributed by atoms with Gasteiger partial charge in [0, 0.05) is 11.9 Å². The van der Waals surface area contributed by atoms with Gasteiger partial charge in [-0.25, -0.2) is 0 Å². The van der Waals surface area contributed by atoms with Crippen LogP contribution in [0.25, 0.3) is 0 Å². The largest absolute Gasteiger partial charge is 0.306 e. The molecule has 11 heavy (non-hydrogen) atoms. The van der Waals surface area contributed by atoms with Crippen LogP contribution in [0.3, 0.4) is 0 Å². The normalized spacial score (nSPS) is 29.5. The van der Waals surface area contributed by atoms with E-state index in [1.54, 1.807) is 0 Å². The monoisotopic (exact) mass is 219 g/mol. The van der Waals surface area contributed by atoms with E-state index in [1.807, 2.05) is 0 Å². The van der Waals surface area contributed by atoms with Gasteiger partial charge in [0.15, 0.2) is 0 Å². The predicted molar refractivity (Wildman–Crippen MR) is 53.2 cm³/mol. The number of hydrogen-bond acceptors (Lipinski definition) is 1. The van der Waals surface area contributed by atoms with Gasteiger partial charge in [0.25, 0.3) is 0 Å². The molecule has 0 saturated heterocycles. The molecule has 1 rings (SSSR count). The molecule has 2 unspecified atom stereocenters. The van der Waals surface area contributed by atoms with Crippen LogP contribution >= 0.6 is 15.9 Å². The van der Waals surface area contributed by atoms with Crippen LogP contribution in [0.2, 0.25) is 0 Å². The van der Waals surface area contributed by atoms with Gasteiger partial charge in [0.2, 0.25) is 0 Å². The van der Waals surface area contributed by atoms with Crippen molar-refractivity contribution in [2.75, 3.05) is 25.5 Å². The number of nitrogens with zero attached hydrogens (tertiary/aromatic N) is 1. The van der Waals surface area contributed by atoms with E-state index in [2.05, 4.69) is 34.8 Å². The fourth-order valence-corrected chi connectivity index (χ4v) is 1.73. The minimum atomic E-state index is 1.00. The molecule has 0 aromatic rings. The second kappa shape index (κ2) is 4.46. The fourth-order valence-electron chi connectivity index (χ4n) is 1.47. The van der Waals surface area contributed by atoms with Crippen LogP contribution in [0.15, 0.2) is 0 Å². The Hall–Kier alpha value is 0.440. The molecule has 0 aromatic heterocycles. The zero-order valence-electron chi connectivity index (χ0n) is 7.52. The van der Waals surface area contributed by atoms with E-state index < -0.39 is 0 Å². The molecule has 0 spiro atoms. The topological polar surface area (TPSA) is 3.24 Å². The number of halogens is 1. The summed E-state index contributed by atoms with van der Waals surface area (Å²) < 4.78 is 0. The van der Waals surface area contributed by atoms with Crippen molar-refractivity contribution in [1.82, 2.24) is 4.90 Å². The second-order valence-corrected chi connectivity index (χ2v) is 4.57. The average molecular weight is 220 g/mol. The molecule has 1 aliphatic carbocycles. The average Bonchev–Trinajstić information content (AvgIpc) is 2.62. The molecule has 0 bridgehead atoms. The highest BCUT2D eigenvalue weighted by Gasteiger charge is 2.32. The molecule has 66 valence electrons. The highest BCUT2D eigenvalue weighted by Crippen LogP contribution is 2.37. The highest BCUT2D eigenvalue weighted by molar-refractivity contribution is 9.09. The zero-order chi connectivity index (χ0) is 8.27. The third-order valence-electron chi connectivity index (χ3n) is 2.50. The van der Waals surface area contributed by atoms with Crippen molar-refractivity contribution in [3.63, 3.8) is 0 Å². The fraction of sp³-hybridized carbons (Fsp3) is 1.00. The summed E-state index contributed by atoms with van der Waals surface area (Å²) in [5, 5.41) is 1.14. The first kappa shape index (κ1) is 9.53. The van der Waals surface area contributed by atoms with E-state index in [4.69, 9.17) is 0 Å².